The Morgan fingerprint density at radius 3 is 1.33 bits per heavy atom. The van der Waals surface area contributed by atoms with Crippen LogP contribution in [-0.2, 0) is 4.79 Å². The van der Waals surface area contributed by atoms with Gasteiger partial charge in [0.05, 0.1) is 0 Å². The SMILES string of the molecule is CCCCCCCCCN(CCCCCCCCC)CCC(C)=O. The Morgan fingerprint density at radius 2 is 0.958 bits per heavy atom. The molecule has 0 heterocycles. The molecule has 0 fully saturated rings. The van der Waals surface area contributed by atoms with Gasteiger partial charge in [-0.15, -0.1) is 0 Å². The molecule has 144 valence electrons. The summed E-state index contributed by atoms with van der Waals surface area (Å²) in [6, 6.07) is 0. The molecule has 0 aliphatic heterocycles. The topological polar surface area (TPSA) is 20.3 Å². The maximum atomic E-state index is 11.3. The summed E-state index contributed by atoms with van der Waals surface area (Å²) in [6.07, 6.45) is 19.9. The molecule has 0 unspecified atom stereocenters. The zero-order valence-electron chi connectivity index (χ0n) is 17.1. The maximum absolute atomic E-state index is 11.3. The molecule has 0 rings (SSSR count). The van der Waals surface area contributed by atoms with Gasteiger partial charge in [0.15, 0.2) is 0 Å². The zero-order chi connectivity index (χ0) is 17.9. The van der Waals surface area contributed by atoms with Gasteiger partial charge in [-0.1, -0.05) is 90.9 Å². The van der Waals surface area contributed by atoms with Gasteiger partial charge in [-0.25, -0.2) is 0 Å². The highest BCUT2D eigenvalue weighted by molar-refractivity contribution is 5.75. The van der Waals surface area contributed by atoms with Gasteiger partial charge < -0.3 is 4.90 Å². The minimum absolute atomic E-state index is 0.333. The van der Waals surface area contributed by atoms with E-state index in [1.807, 2.05) is 0 Å². The fourth-order valence-corrected chi connectivity index (χ4v) is 3.24. The first-order chi connectivity index (χ1) is 11.7. The smallest absolute Gasteiger partial charge is 0.131 e. The van der Waals surface area contributed by atoms with E-state index in [2.05, 4.69) is 18.7 Å². The van der Waals surface area contributed by atoms with E-state index in [0.717, 1.165) is 13.0 Å². The highest BCUT2D eigenvalue weighted by Crippen LogP contribution is 2.10. The Balaban J connectivity index is 3.70. The van der Waals surface area contributed by atoms with E-state index >= 15 is 0 Å². The van der Waals surface area contributed by atoms with Gasteiger partial charge in [-0.2, -0.15) is 0 Å². The molecule has 0 aromatic rings. The number of rotatable bonds is 19. The predicted molar refractivity (Wildman–Crippen MR) is 108 cm³/mol. The van der Waals surface area contributed by atoms with Crippen LogP contribution in [-0.4, -0.2) is 30.3 Å². The molecule has 0 atom stereocenters. The van der Waals surface area contributed by atoms with E-state index < -0.39 is 0 Å². The first kappa shape index (κ1) is 23.6. The second kappa shape index (κ2) is 19.0. The van der Waals surface area contributed by atoms with E-state index in [1.54, 1.807) is 6.92 Å². The number of carbonyl (C=O) groups is 1. The van der Waals surface area contributed by atoms with Crippen molar-refractivity contribution in [2.45, 2.75) is 117 Å². The summed E-state index contributed by atoms with van der Waals surface area (Å²) in [5.74, 6) is 0.333. The third kappa shape index (κ3) is 18.0. The average molecular weight is 340 g/mol. The molecule has 0 saturated heterocycles. The van der Waals surface area contributed by atoms with Crippen molar-refractivity contribution in [1.29, 1.82) is 0 Å². The van der Waals surface area contributed by atoms with E-state index in [1.165, 1.54) is 103 Å². The number of ketones is 1. The Morgan fingerprint density at radius 1 is 0.583 bits per heavy atom. The van der Waals surface area contributed by atoms with Crippen LogP contribution in [0.2, 0.25) is 0 Å². The molecule has 0 aromatic heterocycles. The fraction of sp³-hybridized carbons (Fsp3) is 0.955. The molecule has 0 bridgehead atoms. The second-order valence-corrected chi connectivity index (χ2v) is 7.54. The van der Waals surface area contributed by atoms with E-state index in [9.17, 15) is 4.79 Å². The van der Waals surface area contributed by atoms with E-state index in [4.69, 9.17) is 0 Å². The molecular weight excluding hydrogens is 294 g/mol. The second-order valence-electron chi connectivity index (χ2n) is 7.54. The first-order valence-electron chi connectivity index (χ1n) is 10.9. The van der Waals surface area contributed by atoms with Crippen molar-refractivity contribution < 1.29 is 4.79 Å². The Kier molecular flexibility index (Phi) is 18.7. The highest BCUT2D eigenvalue weighted by Gasteiger charge is 2.06. The largest absolute Gasteiger partial charge is 0.303 e. The molecule has 0 aliphatic rings. The lowest BCUT2D eigenvalue weighted by Crippen LogP contribution is -2.28. The Bertz CT molecular complexity index is 247. The van der Waals surface area contributed by atoms with Crippen molar-refractivity contribution in [3.05, 3.63) is 0 Å². The molecule has 0 radical (unpaired) electrons. The third-order valence-electron chi connectivity index (χ3n) is 4.94. The summed E-state index contributed by atoms with van der Waals surface area (Å²) in [4.78, 5) is 13.8. The van der Waals surface area contributed by atoms with Gasteiger partial charge in [0.1, 0.15) is 5.78 Å². The van der Waals surface area contributed by atoms with Crippen LogP contribution >= 0.6 is 0 Å². The summed E-state index contributed by atoms with van der Waals surface area (Å²) < 4.78 is 0. The van der Waals surface area contributed by atoms with Gasteiger partial charge in [0.2, 0.25) is 0 Å². The predicted octanol–water partition coefficient (Wildman–Crippen LogP) is 6.77. The molecule has 2 heteroatoms. The first-order valence-corrected chi connectivity index (χ1v) is 10.9. The molecule has 0 spiro atoms. The summed E-state index contributed by atoms with van der Waals surface area (Å²) in [7, 11) is 0. The number of unbranched alkanes of at least 4 members (excludes halogenated alkanes) is 12. The minimum atomic E-state index is 0.333. The number of nitrogens with zero attached hydrogens (tertiary/aromatic N) is 1. The van der Waals surface area contributed by atoms with E-state index in [-0.39, 0.29) is 0 Å². The molecule has 2 nitrogen and oxygen atoms in total. The zero-order valence-corrected chi connectivity index (χ0v) is 17.1. The van der Waals surface area contributed by atoms with Crippen LogP contribution < -0.4 is 0 Å². The molecule has 0 N–H and O–H groups in total. The van der Waals surface area contributed by atoms with E-state index in [0.29, 0.717) is 5.78 Å². The molecule has 24 heavy (non-hydrogen) atoms. The summed E-state index contributed by atoms with van der Waals surface area (Å²) in [5.41, 5.74) is 0. The summed E-state index contributed by atoms with van der Waals surface area (Å²) >= 11 is 0. The monoisotopic (exact) mass is 339 g/mol. The normalized spacial score (nSPS) is 11.3. The van der Waals surface area contributed by atoms with Gasteiger partial charge >= 0.3 is 0 Å². The molecule has 0 amide bonds. The number of carbonyl (C=O) groups excluding carboxylic acids is 1. The molecule has 0 saturated carbocycles. The Labute approximate surface area is 152 Å². The lowest BCUT2D eigenvalue weighted by atomic mass is 10.1. The van der Waals surface area contributed by atoms with Crippen molar-refractivity contribution in [2.75, 3.05) is 19.6 Å². The van der Waals surface area contributed by atoms with Crippen molar-refractivity contribution in [2.24, 2.45) is 0 Å². The quantitative estimate of drug-likeness (QED) is 0.242. The van der Waals surface area contributed by atoms with Crippen molar-refractivity contribution in [3.63, 3.8) is 0 Å². The molecular formula is C22H45NO. The van der Waals surface area contributed by atoms with Gasteiger partial charge in [-0.05, 0) is 32.9 Å². The van der Waals surface area contributed by atoms with Crippen LogP contribution in [0.1, 0.15) is 117 Å². The van der Waals surface area contributed by atoms with Gasteiger partial charge in [0.25, 0.3) is 0 Å². The van der Waals surface area contributed by atoms with Crippen LogP contribution in [0.5, 0.6) is 0 Å². The van der Waals surface area contributed by atoms with Crippen molar-refractivity contribution in [1.82, 2.24) is 4.90 Å². The van der Waals surface area contributed by atoms with Crippen LogP contribution in [0.4, 0.5) is 0 Å². The summed E-state index contributed by atoms with van der Waals surface area (Å²) in [5, 5.41) is 0. The van der Waals surface area contributed by atoms with Crippen LogP contribution in [0, 0.1) is 0 Å². The summed E-state index contributed by atoms with van der Waals surface area (Å²) in [6.45, 7) is 9.63. The third-order valence-corrected chi connectivity index (χ3v) is 4.94. The fourth-order valence-electron chi connectivity index (χ4n) is 3.24. The van der Waals surface area contributed by atoms with Crippen LogP contribution in [0.25, 0.3) is 0 Å². The van der Waals surface area contributed by atoms with Crippen molar-refractivity contribution in [3.8, 4) is 0 Å². The van der Waals surface area contributed by atoms with Crippen LogP contribution in [0.15, 0.2) is 0 Å². The standard InChI is InChI=1S/C22H45NO/c1-4-6-8-10-12-14-16-19-23(21-18-22(3)24)20-17-15-13-11-9-7-5-2/h4-21H2,1-3H3. The lowest BCUT2D eigenvalue weighted by Gasteiger charge is -2.21. The number of hydrogen-bond donors (Lipinski definition) is 0. The highest BCUT2D eigenvalue weighted by atomic mass is 16.1. The number of hydrogen-bond acceptors (Lipinski definition) is 2. The molecule has 0 aromatic carbocycles. The minimum Gasteiger partial charge on any atom is -0.303 e. The Hall–Kier alpha value is -0.370. The van der Waals surface area contributed by atoms with Gasteiger partial charge in [-0.3, -0.25) is 4.79 Å². The maximum Gasteiger partial charge on any atom is 0.131 e. The van der Waals surface area contributed by atoms with Crippen LogP contribution in [0.3, 0.4) is 0 Å². The van der Waals surface area contributed by atoms with Gasteiger partial charge in [0, 0.05) is 13.0 Å². The number of Topliss-reactive ketones (excluding diaryl/α,β-unsaturated/α-hetero) is 1. The average Bonchev–Trinajstić information content (AvgIpc) is 2.57. The van der Waals surface area contributed by atoms with Crippen molar-refractivity contribution >= 4 is 5.78 Å². The molecule has 0 aliphatic carbocycles. The lowest BCUT2D eigenvalue weighted by molar-refractivity contribution is -0.117.